The number of pyridine rings is 1. The highest BCUT2D eigenvalue weighted by molar-refractivity contribution is 5.78. The first-order valence-electron chi connectivity index (χ1n) is 6.55. The monoisotopic (exact) mass is 325 g/mol. The van der Waals surface area contributed by atoms with Crippen LogP contribution in [0.1, 0.15) is 5.56 Å². The highest BCUT2D eigenvalue weighted by Crippen LogP contribution is 2.33. The van der Waals surface area contributed by atoms with Gasteiger partial charge in [-0.2, -0.15) is 13.2 Å². The number of hydrogen-bond donors (Lipinski definition) is 0. The molecule has 0 atom stereocenters. The van der Waals surface area contributed by atoms with E-state index in [0.29, 0.717) is 0 Å². The molecule has 0 aliphatic carbocycles. The van der Waals surface area contributed by atoms with Crippen molar-refractivity contribution >= 4 is 11.2 Å². The summed E-state index contributed by atoms with van der Waals surface area (Å²) in [4.78, 5) is 7.89. The Morgan fingerprint density at radius 2 is 1.96 bits per heavy atom. The number of methoxy groups -OCH3 is 1. The van der Waals surface area contributed by atoms with Gasteiger partial charge < -0.3 is 9.30 Å². The molecular formula is C15H11F4N3O. The van der Waals surface area contributed by atoms with E-state index in [9.17, 15) is 17.6 Å². The van der Waals surface area contributed by atoms with Crippen molar-refractivity contribution in [3.8, 4) is 17.1 Å². The van der Waals surface area contributed by atoms with E-state index in [1.807, 2.05) is 0 Å². The first-order chi connectivity index (χ1) is 10.8. The van der Waals surface area contributed by atoms with Gasteiger partial charge in [0.2, 0.25) is 0 Å². The second-order valence-electron chi connectivity index (χ2n) is 4.88. The van der Waals surface area contributed by atoms with Gasteiger partial charge in [-0.05, 0) is 18.2 Å². The lowest BCUT2D eigenvalue weighted by Gasteiger charge is -2.07. The maximum atomic E-state index is 14.4. The molecule has 0 unspecified atom stereocenters. The number of nitrogens with zero attached hydrogens (tertiary/aromatic N) is 3. The van der Waals surface area contributed by atoms with Crippen molar-refractivity contribution in [3.63, 3.8) is 0 Å². The molecule has 0 spiro atoms. The molecule has 120 valence electrons. The first kappa shape index (κ1) is 15.3. The van der Waals surface area contributed by atoms with Gasteiger partial charge in [-0.1, -0.05) is 6.07 Å². The Labute approximate surface area is 128 Å². The lowest BCUT2D eigenvalue weighted by molar-refractivity contribution is -0.137. The Bertz CT molecular complexity index is 886. The van der Waals surface area contributed by atoms with E-state index < -0.39 is 17.6 Å². The molecule has 0 saturated heterocycles. The molecule has 0 saturated carbocycles. The Kier molecular flexibility index (Phi) is 3.46. The topological polar surface area (TPSA) is 39.9 Å². The molecule has 3 rings (SSSR count). The quantitative estimate of drug-likeness (QED) is 0.673. The molecule has 0 fully saturated rings. The second-order valence-corrected chi connectivity index (χ2v) is 4.88. The smallest absolute Gasteiger partial charge is 0.417 e. The van der Waals surface area contributed by atoms with Gasteiger partial charge in [-0.25, -0.2) is 14.4 Å². The zero-order valence-electron chi connectivity index (χ0n) is 12.1. The van der Waals surface area contributed by atoms with Gasteiger partial charge >= 0.3 is 6.18 Å². The third kappa shape index (κ3) is 2.49. The van der Waals surface area contributed by atoms with Crippen LogP contribution in [-0.4, -0.2) is 21.6 Å². The summed E-state index contributed by atoms with van der Waals surface area (Å²) >= 11 is 0. The van der Waals surface area contributed by atoms with E-state index in [0.717, 1.165) is 12.3 Å². The van der Waals surface area contributed by atoms with E-state index in [1.165, 1.54) is 23.8 Å². The number of ether oxygens (including phenoxy) is 1. The van der Waals surface area contributed by atoms with Crippen LogP contribution in [0.3, 0.4) is 0 Å². The molecule has 4 nitrogen and oxygen atoms in total. The average molecular weight is 325 g/mol. The van der Waals surface area contributed by atoms with Crippen molar-refractivity contribution in [2.75, 3.05) is 7.11 Å². The van der Waals surface area contributed by atoms with Crippen molar-refractivity contribution in [1.29, 1.82) is 0 Å². The standard InChI is InChI=1S/C15H11F4N3O/c1-22-13(9-4-3-5-11(23-2)12(9)16)21-10-6-8(15(17,18)19)7-20-14(10)22/h3-7H,1-2H3. The number of fused-ring (bicyclic) bond motifs is 1. The van der Waals surface area contributed by atoms with E-state index in [4.69, 9.17) is 4.74 Å². The number of alkyl halides is 3. The summed E-state index contributed by atoms with van der Waals surface area (Å²) in [6, 6.07) is 5.39. The molecule has 8 heteroatoms. The lowest BCUT2D eigenvalue weighted by atomic mass is 10.2. The number of imidazole rings is 1. The van der Waals surface area contributed by atoms with Crippen LogP contribution in [0.2, 0.25) is 0 Å². The zero-order valence-corrected chi connectivity index (χ0v) is 12.1. The molecule has 0 amide bonds. The molecule has 3 aromatic rings. The van der Waals surface area contributed by atoms with Gasteiger partial charge in [0, 0.05) is 13.2 Å². The summed E-state index contributed by atoms with van der Waals surface area (Å²) in [7, 11) is 2.89. The minimum atomic E-state index is -4.51. The van der Waals surface area contributed by atoms with Crippen LogP contribution in [0.4, 0.5) is 17.6 Å². The van der Waals surface area contributed by atoms with E-state index in [1.54, 1.807) is 13.1 Å². The molecule has 2 aromatic heterocycles. The van der Waals surface area contributed by atoms with Crippen molar-refractivity contribution < 1.29 is 22.3 Å². The van der Waals surface area contributed by atoms with E-state index >= 15 is 0 Å². The third-order valence-electron chi connectivity index (χ3n) is 3.46. The summed E-state index contributed by atoms with van der Waals surface area (Å²) < 4.78 is 59.0. The predicted octanol–water partition coefficient (Wildman–Crippen LogP) is 3.80. The average Bonchev–Trinajstić information content (AvgIpc) is 2.83. The summed E-state index contributed by atoms with van der Waals surface area (Å²) in [5.41, 5.74) is -0.506. The minimum Gasteiger partial charge on any atom is -0.494 e. The fourth-order valence-corrected chi connectivity index (χ4v) is 2.31. The molecule has 0 aliphatic rings. The van der Waals surface area contributed by atoms with Crippen LogP contribution >= 0.6 is 0 Å². The number of benzene rings is 1. The molecule has 23 heavy (non-hydrogen) atoms. The van der Waals surface area contributed by atoms with Crippen molar-refractivity contribution in [1.82, 2.24) is 14.5 Å². The van der Waals surface area contributed by atoms with Crippen molar-refractivity contribution in [2.24, 2.45) is 7.05 Å². The maximum Gasteiger partial charge on any atom is 0.417 e. The zero-order chi connectivity index (χ0) is 16.8. The van der Waals surface area contributed by atoms with Crippen LogP contribution < -0.4 is 4.74 Å². The first-order valence-corrected chi connectivity index (χ1v) is 6.55. The van der Waals surface area contributed by atoms with Gasteiger partial charge in [-0.3, -0.25) is 0 Å². The predicted molar refractivity (Wildman–Crippen MR) is 75.5 cm³/mol. The van der Waals surface area contributed by atoms with Crippen LogP contribution in [0, 0.1) is 5.82 Å². The number of halogens is 4. The molecule has 0 bridgehead atoms. The Hall–Kier alpha value is -2.64. The Balaban J connectivity index is 2.22. The number of aryl methyl sites for hydroxylation is 1. The summed E-state index contributed by atoms with van der Waals surface area (Å²) in [6.07, 6.45) is -3.78. The normalized spacial score (nSPS) is 11.9. The highest BCUT2D eigenvalue weighted by Gasteiger charge is 2.32. The minimum absolute atomic E-state index is 0.0264. The number of aromatic nitrogens is 3. The van der Waals surface area contributed by atoms with Gasteiger partial charge in [0.05, 0.1) is 18.2 Å². The van der Waals surface area contributed by atoms with Crippen molar-refractivity contribution in [2.45, 2.75) is 6.18 Å². The Morgan fingerprint density at radius 1 is 1.22 bits per heavy atom. The molecule has 2 heterocycles. The summed E-state index contributed by atoms with van der Waals surface area (Å²) in [6.45, 7) is 0. The Morgan fingerprint density at radius 3 is 2.61 bits per heavy atom. The number of hydrogen-bond acceptors (Lipinski definition) is 3. The summed E-state index contributed by atoms with van der Waals surface area (Å²) in [5.74, 6) is -0.439. The van der Waals surface area contributed by atoms with E-state index in [2.05, 4.69) is 9.97 Å². The third-order valence-corrected chi connectivity index (χ3v) is 3.46. The van der Waals surface area contributed by atoms with Gasteiger partial charge in [0.15, 0.2) is 17.2 Å². The van der Waals surface area contributed by atoms with Crippen LogP contribution in [0.5, 0.6) is 5.75 Å². The van der Waals surface area contributed by atoms with Gasteiger partial charge in [0.25, 0.3) is 0 Å². The lowest BCUT2D eigenvalue weighted by Crippen LogP contribution is -2.05. The summed E-state index contributed by atoms with van der Waals surface area (Å²) in [5, 5.41) is 0. The fraction of sp³-hybridized carbons (Fsp3) is 0.200. The second kappa shape index (κ2) is 5.22. The van der Waals surface area contributed by atoms with Gasteiger partial charge in [0.1, 0.15) is 11.3 Å². The molecule has 1 aromatic carbocycles. The maximum absolute atomic E-state index is 14.4. The molecule has 0 N–H and O–H groups in total. The fourth-order valence-electron chi connectivity index (χ4n) is 2.31. The van der Waals surface area contributed by atoms with E-state index in [-0.39, 0.29) is 28.3 Å². The SMILES string of the molecule is COc1cccc(-c2nc3cc(C(F)(F)F)cnc3n2C)c1F. The molecule has 0 radical (unpaired) electrons. The molecular weight excluding hydrogens is 314 g/mol. The number of rotatable bonds is 2. The highest BCUT2D eigenvalue weighted by atomic mass is 19.4. The largest absolute Gasteiger partial charge is 0.494 e. The van der Waals surface area contributed by atoms with Crippen molar-refractivity contribution in [3.05, 3.63) is 41.8 Å². The molecule has 0 aliphatic heterocycles. The van der Waals surface area contributed by atoms with Crippen LogP contribution in [0.15, 0.2) is 30.5 Å². The van der Waals surface area contributed by atoms with Gasteiger partial charge in [-0.15, -0.1) is 0 Å². The van der Waals surface area contributed by atoms with Crippen LogP contribution in [0.25, 0.3) is 22.6 Å². The van der Waals surface area contributed by atoms with Crippen LogP contribution in [-0.2, 0) is 13.2 Å².